The summed E-state index contributed by atoms with van der Waals surface area (Å²) in [5.74, 6) is -1.16. The van der Waals surface area contributed by atoms with Crippen LogP contribution in [0.2, 0.25) is 0 Å². The number of carbonyl (C=O) groups excluding carboxylic acids is 2. The van der Waals surface area contributed by atoms with Gasteiger partial charge in [0.25, 0.3) is 0 Å². The first kappa shape index (κ1) is 17.3. The molecule has 1 saturated carbocycles. The maximum Gasteiger partial charge on any atom is 0.326 e. The van der Waals surface area contributed by atoms with Crippen molar-refractivity contribution >= 4 is 17.9 Å². The second-order valence-electron chi connectivity index (χ2n) is 5.88. The van der Waals surface area contributed by atoms with Crippen molar-refractivity contribution in [1.29, 1.82) is 0 Å². The van der Waals surface area contributed by atoms with Gasteiger partial charge in [-0.3, -0.25) is 4.79 Å². The molecule has 0 aliphatic heterocycles. The summed E-state index contributed by atoms with van der Waals surface area (Å²) in [4.78, 5) is 35.6. The number of nitrogens with zero attached hydrogens (tertiary/aromatic N) is 1. The van der Waals surface area contributed by atoms with Gasteiger partial charge in [-0.05, 0) is 25.2 Å². The van der Waals surface area contributed by atoms with Crippen LogP contribution >= 0.6 is 0 Å². The van der Waals surface area contributed by atoms with Gasteiger partial charge in [-0.25, -0.2) is 9.59 Å². The van der Waals surface area contributed by atoms with Crippen molar-refractivity contribution in [1.82, 2.24) is 10.2 Å². The molecule has 0 heterocycles. The Kier molecular flexibility index (Phi) is 6.45. The molecule has 0 aromatic rings. The Morgan fingerprint density at radius 1 is 1.38 bits per heavy atom. The van der Waals surface area contributed by atoms with E-state index in [4.69, 9.17) is 10.8 Å². The number of amides is 3. The molecule has 0 spiro atoms. The molecule has 120 valence electrons. The highest BCUT2D eigenvalue weighted by atomic mass is 16.4. The highest BCUT2D eigenvalue weighted by molar-refractivity contribution is 5.83. The summed E-state index contributed by atoms with van der Waals surface area (Å²) in [7, 11) is 1.69. The van der Waals surface area contributed by atoms with Crippen LogP contribution in [0.5, 0.6) is 0 Å². The maximum absolute atomic E-state index is 12.1. The van der Waals surface area contributed by atoms with Crippen LogP contribution in [-0.2, 0) is 9.59 Å². The van der Waals surface area contributed by atoms with E-state index in [0.717, 1.165) is 19.3 Å². The lowest BCUT2D eigenvalue weighted by Gasteiger charge is -2.34. The monoisotopic (exact) mass is 299 g/mol. The normalized spacial score (nSPS) is 23.1. The molecule has 3 amide bonds. The van der Waals surface area contributed by atoms with Crippen LogP contribution in [0.3, 0.4) is 0 Å². The fourth-order valence-corrected chi connectivity index (χ4v) is 2.71. The van der Waals surface area contributed by atoms with Crippen molar-refractivity contribution in [3.63, 3.8) is 0 Å². The summed E-state index contributed by atoms with van der Waals surface area (Å²) >= 11 is 0. The van der Waals surface area contributed by atoms with Crippen LogP contribution in [0.1, 0.15) is 45.4 Å². The molecular formula is C14H25N3O4. The van der Waals surface area contributed by atoms with Gasteiger partial charge in [0.05, 0.1) is 0 Å². The SMILES string of the molecule is CC1CCCC(N(C)C(=O)NC(CCC(N)=O)C(=O)O)C1. The third-order valence-corrected chi connectivity index (χ3v) is 4.05. The Morgan fingerprint density at radius 2 is 2.05 bits per heavy atom. The summed E-state index contributed by atoms with van der Waals surface area (Å²) < 4.78 is 0. The molecule has 0 aromatic heterocycles. The topological polar surface area (TPSA) is 113 Å². The summed E-state index contributed by atoms with van der Waals surface area (Å²) in [6, 6.07) is -1.36. The van der Waals surface area contributed by atoms with E-state index in [1.165, 1.54) is 6.42 Å². The second kappa shape index (κ2) is 7.85. The average Bonchev–Trinajstić information content (AvgIpc) is 2.41. The molecule has 1 rings (SSSR count). The number of aliphatic carboxylic acids is 1. The smallest absolute Gasteiger partial charge is 0.326 e. The quantitative estimate of drug-likeness (QED) is 0.677. The largest absolute Gasteiger partial charge is 0.480 e. The van der Waals surface area contributed by atoms with Crippen LogP contribution in [0.15, 0.2) is 0 Å². The average molecular weight is 299 g/mol. The molecule has 21 heavy (non-hydrogen) atoms. The summed E-state index contributed by atoms with van der Waals surface area (Å²) in [6.07, 6.45) is 4.05. The predicted octanol–water partition coefficient (Wildman–Crippen LogP) is 0.925. The van der Waals surface area contributed by atoms with Crippen LogP contribution < -0.4 is 11.1 Å². The fraction of sp³-hybridized carbons (Fsp3) is 0.786. The Labute approximate surface area is 124 Å². The lowest BCUT2D eigenvalue weighted by Crippen LogP contribution is -2.50. The molecule has 1 aliphatic carbocycles. The van der Waals surface area contributed by atoms with E-state index in [9.17, 15) is 14.4 Å². The third kappa shape index (κ3) is 5.61. The van der Waals surface area contributed by atoms with Crippen molar-refractivity contribution in [3.05, 3.63) is 0 Å². The standard InChI is InChI=1S/C14H25N3O4/c1-9-4-3-5-10(8-9)17(2)14(21)16-11(13(19)20)6-7-12(15)18/h9-11H,3-8H2,1-2H3,(H2,15,18)(H,16,21)(H,19,20). The number of primary amides is 1. The zero-order valence-electron chi connectivity index (χ0n) is 12.7. The van der Waals surface area contributed by atoms with Crippen molar-refractivity contribution in [2.45, 2.75) is 57.5 Å². The lowest BCUT2D eigenvalue weighted by molar-refractivity contribution is -0.139. The van der Waals surface area contributed by atoms with Crippen molar-refractivity contribution in [2.75, 3.05) is 7.05 Å². The number of rotatable bonds is 6. The first-order valence-corrected chi connectivity index (χ1v) is 7.35. The number of hydrogen-bond acceptors (Lipinski definition) is 3. The highest BCUT2D eigenvalue weighted by Gasteiger charge is 2.28. The van der Waals surface area contributed by atoms with E-state index >= 15 is 0 Å². The van der Waals surface area contributed by atoms with Crippen LogP contribution in [0.4, 0.5) is 4.79 Å². The van der Waals surface area contributed by atoms with Gasteiger partial charge in [0, 0.05) is 19.5 Å². The number of carboxylic acid groups (broad SMARTS) is 1. The number of nitrogens with one attached hydrogen (secondary N) is 1. The Bertz CT molecular complexity index is 400. The minimum Gasteiger partial charge on any atom is -0.480 e. The first-order chi connectivity index (χ1) is 9.81. The van der Waals surface area contributed by atoms with Gasteiger partial charge in [0.2, 0.25) is 5.91 Å². The van der Waals surface area contributed by atoms with Gasteiger partial charge in [0.1, 0.15) is 6.04 Å². The molecule has 0 bridgehead atoms. The van der Waals surface area contributed by atoms with Crippen LogP contribution in [0, 0.1) is 5.92 Å². The number of nitrogens with two attached hydrogens (primary N) is 1. The van der Waals surface area contributed by atoms with E-state index in [-0.39, 0.29) is 18.9 Å². The summed E-state index contributed by atoms with van der Waals surface area (Å²) in [6.45, 7) is 2.16. The van der Waals surface area contributed by atoms with Crippen LogP contribution in [0.25, 0.3) is 0 Å². The minimum atomic E-state index is -1.16. The van der Waals surface area contributed by atoms with Crippen molar-refractivity contribution in [3.8, 4) is 0 Å². The number of carbonyl (C=O) groups is 3. The first-order valence-electron chi connectivity index (χ1n) is 7.35. The molecule has 4 N–H and O–H groups in total. The van der Waals surface area contributed by atoms with Gasteiger partial charge in [0.15, 0.2) is 0 Å². The number of carboxylic acids is 1. The zero-order valence-corrected chi connectivity index (χ0v) is 12.7. The molecule has 1 aliphatic rings. The summed E-state index contributed by atoms with van der Waals surface area (Å²) in [5.41, 5.74) is 5.01. The third-order valence-electron chi connectivity index (χ3n) is 4.05. The molecule has 0 saturated heterocycles. The van der Waals surface area contributed by atoms with Crippen molar-refractivity contribution in [2.24, 2.45) is 11.7 Å². The molecular weight excluding hydrogens is 274 g/mol. The minimum absolute atomic E-state index is 0.00527. The Morgan fingerprint density at radius 3 is 2.57 bits per heavy atom. The van der Waals surface area contributed by atoms with Gasteiger partial charge in [-0.15, -0.1) is 0 Å². The van der Waals surface area contributed by atoms with E-state index in [1.807, 2.05) is 0 Å². The van der Waals surface area contributed by atoms with E-state index in [1.54, 1.807) is 11.9 Å². The van der Waals surface area contributed by atoms with Gasteiger partial charge in [-0.2, -0.15) is 0 Å². The van der Waals surface area contributed by atoms with Gasteiger partial charge >= 0.3 is 12.0 Å². The molecule has 0 radical (unpaired) electrons. The zero-order chi connectivity index (χ0) is 16.0. The highest BCUT2D eigenvalue weighted by Crippen LogP contribution is 2.26. The molecule has 0 aromatic carbocycles. The summed E-state index contributed by atoms with van der Waals surface area (Å²) in [5, 5.41) is 11.5. The lowest BCUT2D eigenvalue weighted by atomic mass is 9.86. The number of urea groups is 1. The molecule has 1 fully saturated rings. The molecule has 7 nitrogen and oxygen atoms in total. The Hall–Kier alpha value is -1.79. The van der Waals surface area contributed by atoms with Gasteiger partial charge in [-0.1, -0.05) is 19.8 Å². The van der Waals surface area contributed by atoms with Crippen LogP contribution in [-0.4, -0.2) is 47.0 Å². The predicted molar refractivity (Wildman–Crippen MR) is 77.6 cm³/mol. The van der Waals surface area contributed by atoms with E-state index < -0.39 is 23.9 Å². The number of hydrogen-bond donors (Lipinski definition) is 3. The molecule has 7 heteroatoms. The maximum atomic E-state index is 12.1. The second-order valence-corrected chi connectivity index (χ2v) is 5.88. The molecule has 3 unspecified atom stereocenters. The van der Waals surface area contributed by atoms with E-state index in [2.05, 4.69) is 12.2 Å². The molecule has 3 atom stereocenters. The van der Waals surface area contributed by atoms with Gasteiger partial charge < -0.3 is 21.1 Å². The Balaban J connectivity index is 2.55. The van der Waals surface area contributed by atoms with Crippen molar-refractivity contribution < 1.29 is 19.5 Å². The fourth-order valence-electron chi connectivity index (χ4n) is 2.71. The van der Waals surface area contributed by atoms with E-state index in [0.29, 0.717) is 5.92 Å².